The molecule has 0 amide bonds. The summed E-state index contributed by atoms with van der Waals surface area (Å²) in [7, 11) is 0. The van der Waals surface area contributed by atoms with E-state index in [0.29, 0.717) is 0 Å². The molecule has 4 aliphatic carbocycles. The van der Waals surface area contributed by atoms with Crippen LogP contribution in [-0.4, -0.2) is 5.54 Å². The monoisotopic (exact) mass is 335 g/mol. The molecule has 4 fully saturated rings. The molecule has 0 unspecified atom stereocenters. The third-order valence-corrected chi connectivity index (χ3v) is 5.42. The van der Waals surface area contributed by atoms with Gasteiger partial charge in [-0.1, -0.05) is 39.5 Å². The molecule has 1 N–H and O–H groups in total. The van der Waals surface area contributed by atoms with Crippen molar-refractivity contribution < 1.29 is 21.7 Å². The minimum atomic E-state index is 0. The number of aryl methyl sites for hydroxylation is 2. The summed E-state index contributed by atoms with van der Waals surface area (Å²) in [5, 5.41) is 0. The van der Waals surface area contributed by atoms with Crippen LogP contribution in [0.2, 0.25) is 0 Å². The van der Waals surface area contributed by atoms with Gasteiger partial charge in [-0.2, -0.15) is 17.2 Å². The molecule has 0 heterocycles. The van der Waals surface area contributed by atoms with E-state index in [9.17, 15) is 0 Å². The largest absolute Gasteiger partial charge is 4.00 e. The molecule has 22 heavy (non-hydrogen) atoms. The fourth-order valence-electron chi connectivity index (χ4n) is 4.96. The Kier molecular flexibility index (Phi) is 8.77. The molecular weight excluding hydrogens is 302 g/mol. The summed E-state index contributed by atoms with van der Waals surface area (Å²) in [4.78, 5) is 0. The van der Waals surface area contributed by atoms with Crippen LogP contribution in [0, 0.1) is 39.5 Å². The van der Waals surface area contributed by atoms with Crippen molar-refractivity contribution in [2.45, 2.75) is 64.3 Å². The van der Waals surface area contributed by atoms with Gasteiger partial charge in [0.2, 0.25) is 0 Å². The SMILES string of the molecule is CCc1ccc(C)[cH-]1.[CH3-].[CH3-].[NH-]C12CC3CC(CC(C3)C1)C2.[Ti+4]. The molecule has 4 bridgehead atoms. The van der Waals surface area contributed by atoms with Crippen molar-refractivity contribution in [2.24, 2.45) is 17.8 Å². The molecule has 2 heteroatoms. The van der Waals surface area contributed by atoms with Gasteiger partial charge in [-0.3, -0.25) is 0 Å². The zero-order chi connectivity index (χ0) is 13.5. The van der Waals surface area contributed by atoms with Crippen LogP contribution >= 0.6 is 0 Å². The Morgan fingerprint density at radius 1 is 1.05 bits per heavy atom. The molecule has 1 aromatic rings. The van der Waals surface area contributed by atoms with Crippen molar-refractivity contribution in [3.05, 3.63) is 49.9 Å². The second-order valence-corrected chi connectivity index (χ2v) is 7.35. The van der Waals surface area contributed by atoms with Gasteiger partial charge in [-0.05, 0) is 37.0 Å². The van der Waals surface area contributed by atoms with E-state index in [1.165, 1.54) is 49.7 Å². The van der Waals surface area contributed by atoms with Gasteiger partial charge >= 0.3 is 21.7 Å². The molecule has 1 aromatic carbocycles. The second-order valence-electron chi connectivity index (χ2n) is 7.35. The number of rotatable bonds is 1. The van der Waals surface area contributed by atoms with Gasteiger partial charge in [0, 0.05) is 0 Å². The van der Waals surface area contributed by atoms with Crippen molar-refractivity contribution in [3.63, 3.8) is 0 Å². The van der Waals surface area contributed by atoms with E-state index in [1.807, 2.05) is 0 Å². The Labute approximate surface area is 153 Å². The number of hydrogen-bond donors (Lipinski definition) is 0. The summed E-state index contributed by atoms with van der Waals surface area (Å²) in [6, 6.07) is 6.55. The van der Waals surface area contributed by atoms with Crippen molar-refractivity contribution in [3.8, 4) is 0 Å². The zero-order valence-electron chi connectivity index (χ0n) is 14.9. The first kappa shape index (κ1) is 22.0. The summed E-state index contributed by atoms with van der Waals surface area (Å²) < 4.78 is 0. The number of hydrogen-bond acceptors (Lipinski definition) is 0. The third-order valence-electron chi connectivity index (χ3n) is 5.42. The minimum absolute atomic E-state index is 0. The average molecular weight is 335 g/mol. The Bertz CT molecular complexity index is 399. The third kappa shape index (κ3) is 5.01. The molecule has 0 aliphatic heterocycles. The maximum absolute atomic E-state index is 8.21. The van der Waals surface area contributed by atoms with Gasteiger partial charge < -0.3 is 20.6 Å². The zero-order valence-corrected chi connectivity index (χ0v) is 16.5. The van der Waals surface area contributed by atoms with E-state index >= 15 is 0 Å². The van der Waals surface area contributed by atoms with Crippen molar-refractivity contribution in [1.29, 1.82) is 0 Å². The maximum atomic E-state index is 8.21. The molecular formula is C20H33NTi. The van der Waals surface area contributed by atoms with Gasteiger partial charge in [0.25, 0.3) is 0 Å². The molecule has 4 saturated carbocycles. The van der Waals surface area contributed by atoms with Crippen LogP contribution in [0.15, 0.2) is 18.2 Å². The van der Waals surface area contributed by atoms with Crippen LogP contribution in [0.25, 0.3) is 5.73 Å². The van der Waals surface area contributed by atoms with Crippen LogP contribution in [0.4, 0.5) is 0 Å². The standard InChI is InChI=1S/C10H16N.C8H11.2CH3.Ti/c11-10-4-7-1-8(5-10)3-9(2-7)6-10;1-3-8-5-4-7(2)6-8;;;/h7-9,11H,1-6H2;4-6H,3H2,1-2H3;2*1H3;/q4*-1;+4. The van der Waals surface area contributed by atoms with Crippen LogP contribution in [0.5, 0.6) is 0 Å². The second kappa shape index (κ2) is 8.76. The van der Waals surface area contributed by atoms with E-state index in [-0.39, 0.29) is 42.1 Å². The molecule has 0 radical (unpaired) electrons. The van der Waals surface area contributed by atoms with E-state index in [0.717, 1.165) is 24.2 Å². The van der Waals surface area contributed by atoms with Crippen molar-refractivity contribution in [1.82, 2.24) is 0 Å². The van der Waals surface area contributed by atoms with E-state index in [1.54, 1.807) is 0 Å². The molecule has 0 aromatic heterocycles. The quantitative estimate of drug-likeness (QED) is 0.432. The normalized spacial score (nSPS) is 33.7. The predicted molar refractivity (Wildman–Crippen MR) is 94.2 cm³/mol. The summed E-state index contributed by atoms with van der Waals surface area (Å²) in [6.07, 6.45) is 9.28. The first-order valence-corrected chi connectivity index (χ1v) is 8.03. The van der Waals surface area contributed by atoms with Gasteiger partial charge in [0.15, 0.2) is 0 Å². The summed E-state index contributed by atoms with van der Waals surface area (Å²) in [5.74, 6) is 2.87. The molecule has 122 valence electrons. The Balaban J connectivity index is 0.000000368. The Morgan fingerprint density at radius 2 is 1.50 bits per heavy atom. The van der Waals surface area contributed by atoms with Gasteiger partial charge in [-0.25, -0.2) is 12.1 Å². The van der Waals surface area contributed by atoms with E-state index in [2.05, 4.69) is 32.0 Å². The molecule has 0 saturated heterocycles. The maximum Gasteiger partial charge on any atom is 4.00 e. The fourth-order valence-corrected chi connectivity index (χ4v) is 4.96. The van der Waals surface area contributed by atoms with Crippen LogP contribution in [0.1, 0.15) is 56.6 Å². The minimum Gasteiger partial charge on any atom is -0.672 e. The Morgan fingerprint density at radius 3 is 1.73 bits per heavy atom. The van der Waals surface area contributed by atoms with Crippen LogP contribution in [-0.2, 0) is 28.1 Å². The topological polar surface area (TPSA) is 23.8 Å². The summed E-state index contributed by atoms with van der Waals surface area (Å²) in [6.45, 7) is 4.30. The smallest absolute Gasteiger partial charge is 0.672 e. The van der Waals surface area contributed by atoms with Crippen molar-refractivity contribution in [2.75, 3.05) is 0 Å². The number of nitrogens with one attached hydrogen (secondary N) is 1. The first-order valence-electron chi connectivity index (χ1n) is 8.03. The van der Waals surface area contributed by atoms with E-state index < -0.39 is 0 Å². The van der Waals surface area contributed by atoms with Crippen LogP contribution < -0.4 is 0 Å². The van der Waals surface area contributed by atoms with Crippen LogP contribution in [0.3, 0.4) is 0 Å². The first-order chi connectivity index (χ1) is 9.06. The molecule has 1 nitrogen and oxygen atoms in total. The van der Waals surface area contributed by atoms with Gasteiger partial charge in [-0.15, -0.1) is 5.54 Å². The van der Waals surface area contributed by atoms with Gasteiger partial charge in [0.1, 0.15) is 0 Å². The summed E-state index contributed by atoms with van der Waals surface area (Å²) >= 11 is 0. The molecule has 5 rings (SSSR count). The fraction of sp³-hybridized carbons (Fsp3) is 0.650. The molecule has 0 spiro atoms. The average Bonchev–Trinajstić information content (AvgIpc) is 2.72. The van der Waals surface area contributed by atoms with Gasteiger partial charge in [0.05, 0.1) is 0 Å². The molecule has 4 aliphatic rings. The van der Waals surface area contributed by atoms with E-state index in [4.69, 9.17) is 5.73 Å². The predicted octanol–water partition coefficient (Wildman–Crippen LogP) is 6.18. The summed E-state index contributed by atoms with van der Waals surface area (Å²) in [5.41, 5.74) is 11.1. The van der Waals surface area contributed by atoms with Crippen molar-refractivity contribution >= 4 is 0 Å². The Hall–Kier alpha value is 0.0243. The molecule has 0 atom stereocenters.